The van der Waals surface area contributed by atoms with Crippen molar-refractivity contribution in [2.75, 3.05) is 13.2 Å². The molecule has 0 spiro atoms. The molecule has 2 atom stereocenters. The van der Waals surface area contributed by atoms with E-state index in [1.54, 1.807) is 0 Å². The summed E-state index contributed by atoms with van der Waals surface area (Å²) in [6.07, 6.45) is 1.06. The van der Waals surface area contributed by atoms with E-state index >= 15 is 0 Å². The molecule has 2 nitrogen and oxygen atoms in total. The van der Waals surface area contributed by atoms with Crippen LogP contribution in [-0.2, 0) is 0 Å². The maximum absolute atomic E-state index is 5.79. The number of benzene rings is 2. The fourth-order valence-corrected chi connectivity index (χ4v) is 3.09. The first-order valence-electron chi connectivity index (χ1n) is 7.40. The highest BCUT2D eigenvalue weighted by molar-refractivity contribution is 5.40. The summed E-state index contributed by atoms with van der Waals surface area (Å²) < 4.78 is 5.79. The Kier molecular flexibility index (Phi) is 4.03. The average molecular weight is 267 g/mol. The van der Waals surface area contributed by atoms with Crippen LogP contribution in [0.1, 0.15) is 36.4 Å². The summed E-state index contributed by atoms with van der Waals surface area (Å²) in [5, 5.41) is 3.65. The van der Waals surface area contributed by atoms with Gasteiger partial charge in [0.1, 0.15) is 5.75 Å². The van der Waals surface area contributed by atoms with Crippen molar-refractivity contribution in [3.05, 3.63) is 65.7 Å². The molecule has 1 N–H and O–H groups in total. The van der Waals surface area contributed by atoms with Crippen LogP contribution in [0, 0.1) is 0 Å². The van der Waals surface area contributed by atoms with Gasteiger partial charge in [-0.25, -0.2) is 0 Å². The van der Waals surface area contributed by atoms with E-state index in [0.717, 1.165) is 25.3 Å². The lowest BCUT2D eigenvalue weighted by Gasteiger charge is -2.33. The van der Waals surface area contributed by atoms with Gasteiger partial charge in [-0.05, 0) is 30.2 Å². The lowest BCUT2D eigenvalue weighted by molar-refractivity contribution is 0.246. The highest BCUT2D eigenvalue weighted by Crippen LogP contribution is 2.41. The van der Waals surface area contributed by atoms with Gasteiger partial charge in [-0.1, -0.05) is 55.5 Å². The third kappa shape index (κ3) is 2.56. The Labute approximate surface area is 120 Å². The number of ether oxygens (including phenoxy) is 1. The van der Waals surface area contributed by atoms with Gasteiger partial charge < -0.3 is 10.1 Å². The fraction of sp³-hybridized carbons (Fsp3) is 0.333. The van der Waals surface area contributed by atoms with E-state index in [0.29, 0.717) is 12.0 Å². The van der Waals surface area contributed by atoms with Gasteiger partial charge in [0.25, 0.3) is 0 Å². The van der Waals surface area contributed by atoms with Crippen LogP contribution in [0.15, 0.2) is 54.6 Å². The third-order valence-corrected chi connectivity index (χ3v) is 3.99. The molecule has 0 amide bonds. The van der Waals surface area contributed by atoms with Crippen LogP contribution in [0.25, 0.3) is 0 Å². The van der Waals surface area contributed by atoms with E-state index in [1.807, 2.05) is 6.07 Å². The molecule has 0 fully saturated rings. The molecule has 0 aromatic heterocycles. The second kappa shape index (κ2) is 6.10. The van der Waals surface area contributed by atoms with Gasteiger partial charge in [0.2, 0.25) is 0 Å². The van der Waals surface area contributed by atoms with Crippen molar-refractivity contribution in [3.63, 3.8) is 0 Å². The molecule has 3 rings (SSSR count). The van der Waals surface area contributed by atoms with Crippen LogP contribution in [-0.4, -0.2) is 13.2 Å². The number of hydrogen-bond donors (Lipinski definition) is 1. The molecular formula is C18H21NO. The monoisotopic (exact) mass is 267 g/mol. The van der Waals surface area contributed by atoms with Crippen LogP contribution < -0.4 is 10.1 Å². The standard InChI is InChI=1S/C18H21NO/c1-2-19-18(14-8-4-3-5-9-14)16-12-13-20-17-11-7-6-10-15(16)17/h3-11,16,18-19H,2,12-13H2,1H3. The Morgan fingerprint density at radius 1 is 1.10 bits per heavy atom. The molecule has 0 aliphatic carbocycles. The SMILES string of the molecule is CCNC(c1ccccc1)C1CCOc2ccccc21. The van der Waals surface area contributed by atoms with Crippen molar-refractivity contribution in [1.82, 2.24) is 5.32 Å². The quantitative estimate of drug-likeness (QED) is 0.907. The number of fused-ring (bicyclic) bond motifs is 1. The maximum Gasteiger partial charge on any atom is 0.122 e. The second-order valence-electron chi connectivity index (χ2n) is 5.23. The van der Waals surface area contributed by atoms with E-state index in [4.69, 9.17) is 4.74 Å². The van der Waals surface area contributed by atoms with Crippen LogP contribution in [0.3, 0.4) is 0 Å². The molecule has 1 heterocycles. The predicted octanol–water partition coefficient (Wildman–Crippen LogP) is 3.90. The highest BCUT2D eigenvalue weighted by atomic mass is 16.5. The minimum absolute atomic E-state index is 0.353. The van der Waals surface area contributed by atoms with E-state index in [9.17, 15) is 0 Å². The van der Waals surface area contributed by atoms with Crippen molar-refractivity contribution in [2.24, 2.45) is 0 Å². The summed E-state index contributed by atoms with van der Waals surface area (Å²) >= 11 is 0. The fourth-order valence-electron chi connectivity index (χ4n) is 3.09. The summed E-state index contributed by atoms with van der Waals surface area (Å²) in [5.41, 5.74) is 2.68. The van der Waals surface area contributed by atoms with Crippen molar-refractivity contribution in [2.45, 2.75) is 25.3 Å². The number of nitrogens with one attached hydrogen (secondary N) is 1. The van der Waals surface area contributed by atoms with Gasteiger partial charge in [-0.15, -0.1) is 0 Å². The predicted molar refractivity (Wildman–Crippen MR) is 82.2 cm³/mol. The Balaban J connectivity index is 1.97. The number of rotatable bonds is 4. The normalized spacial score (nSPS) is 18.9. The third-order valence-electron chi connectivity index (χ3n) is 3.99. The summed E-state index contributed by atoms with van der Waals surface area (Å²) in [4.78, 5) is 0. The number of likely N-dealkylation sites (N-methyl/N-ethyl adjacent to an activating group) is 1. The summed E-state index contributed by atoms with van der Waals surface area (Å²) in [5.74, 6) is 1.52. The second-order valence-corrected chi connectivity index (χ2v) is 5.23. The maximum atomic E-state index is 5.79. The molecule has 2 unspecified atom stereocenters. The van der Waals surface area contributed by atoms with Gasteiger partial charge in [-0.3, -0.25) is 0 Å². The van der Waals surface area contributed by atoms with E-state index < -0.39 is 0 Å². The first kappa shape index (κ1) is 13.2. The summed E-state index contributed by atoms with van der Waals surface area (Å²) in [6.45, 7) is 3.94. The Morgan fingerprint density at radius 2 is 1.85 bits per heavy atom. The smallest absolute Gasteiger partial charge is 0.122 e. The van der Waals surface area contributed by atoms with E-state index in [-0.39, 0.29) is 0 Å². The Bertz CT molecular complexity index is 552. The van der Waals surface area contributed by atoms with Crippen LogP contribution in [0.4, 0.5) is 0 Å². The zero-order chi connectivity index (χ0) is 13.8. The van der Waals surface area contributed by atoms with E-state index in [1.165, 1.54) is 11.1 Å². The first-order valence-corrected chi connectivity index (χ1v) is 7.40. The summed E-state index contributed by atoms with van der Waals surface area (Å²) in [6, 6.07) is 19.5. The number of para-hydroxylation sites is 1. The van der Waals surface area contributed by atoms with Gasteiger partial charge in [-0.2, -0.15) is 0 Å². The molecule has 1 aliphatic rings. The Hall–Kier alpha value is -1.80. The molecule has 20 heavy (non-hydrogen) atoms. The molecular weight excluding hydrogens is 246 g/mol. The zero-order valence-corrected chi connectivity index (χ0v) is 11.9. The first-order chi connectivity index (χ1) is 9.90. The van der Waals surface area contributed by atoms with Gasteiger partial charge in [0.15, 0.2) is 0 Å². The molecule has 0 saturated carbocycles. The molecule has 0 bridgehead atoms. The van der Waals surface area contributed by atoms with Crippen LogP contribution in [0.2, 0.25) is 0 Å². The van der Waals surface area contributed by atoms with E-state index in [2.05, 4.69) is 60.8 Å². The van der Waals surface area contributed by atoms with Crippen molar-refractivity contribution < 1.29 is 4.74 Å². The van der Waals surface area contributed by atoms with Crippen LogP contribution >= 0.6 is 0 Å². The van der Waals surface area contributed by atoms with Crippen molar-refractivity contribution in [3.8, 4) is 5.75 Å². The lowest BCUT2D eigenvalue weighted by atomic mass is 9.83. The molecule has 2 aromatic rings. The van der Waals surface area contributed by atoms with Crippen molar-refractivity contribution in [1.29, 1.82) is 0 Å². The minimum Gasteiger partial charge on any atom is -0.493 e. The average Bonchev–Trinajstić information content (AvgIpc) is 2.53. The molecule has 0 saturated heterocycles. The topological polar surface area (TPSA) is 21.3 Å². The largest absolute Gasteiger partial charge is 0.493 e. The molecule has 1 aliphatic heterocycles. The van der Waals surface area contributed by atoms with Crippen molar-refractivity contribution >= 4 is 0 Å². The number of hydrogen-bond acceptors (Lipinski definition) is 2. The van der Waals surface area contributed by atoms with Crippen LogP contribution in [0.5, 0.6) is 5.75 Å². The minimum atomic E-state index is 0.353. The molecule has 2 aromatic carbocycles. The van der Waals surface area contributed by atoms with Gasteiger partial charge in [0.05, 0.1) is 6.61 Å². The lowest BCUT2D eigenvalue weighted by Crippen LogP contribution is -2.30. The Morgan fingerprint density at radius 3 is 2.65 bits per heavy atom. The molecule has 104 valence electrons. The summed E-state index contributed by atoms with van der Waals surface area (Å²) in [7, 11) is 0. The highest BCUT2D eigenvalue weighted by Gasteiger charge is 2.29. The zero-order valence-electron chi connectivity index (χ0n) is 11.9. The molecule has 0 radical (unpaired) electrons. The van der Waals surface area contributed by atoms with Gasteiger partial charge >= 0.3 is 0 Å². The molecule has 2 heteroatoms. The van der Waals surface area contributed by atoms with Gasteiger partial charge in [0, 0.05) is 12.0 Å².